The quantitative estimate of drug-likeness (QED) is 0.267. The molecular weight excluding hydrogens is 234 g/mol. The number of benzene rings is 1. The van der Waals surface area contributed by atoms with E-state index in [0.717, 1.165) is 5.56 Å². The molecule has 0 heterocycles. The van der Waals surface area contributed by atoms with Crippen LogP contribution in [0.25, 0.3) is 0 Å². The van der Waals surface area contributed by atoms with Crippen LogP contribution in [0.5, 0.6) is 5.75 Å². The van der Waals surface area contributed by atoms with Crippen molar-refractivity contribution in [2.24, 2.45) is 11.6 Å². The van der Waals surface area contributed by atoms with E-state index < -0.39 is 11.7 Å². The van der Waals surface area contributed by atoms with Crippen LogP contribution in [0.2, 0.25) is 0 Å². The molecule has 0 bridgehead atoms. The highest BCUT2D eigenvalue weighted by molar-refractivity contribution is 5.85. The van der Waals surface area contributed by atoms with Crippen molar-refractivity contribution < 1.29 is 14.6 Å². The van der Waals surface area contributed by atoms with Gasteiger partial charge in [0.1, 0.15) is 5.75 Å². The van der Waals surface area contributed by atoms with Crippen LogP contribution in [0.4, 0.5) is 0 Å². The van der Waals surface area contributed by atoms with Gasteiger partial charge in [0.25, 0.3) is 0 Å². The van der Waals surface area contributed by atoms with Crippen LogP contribution < -0.4 is 21.7 Å². The first-order valence-corrected chi connectivity index (χ1v) is 5.43. The van der Waals surface area contributed by atoms with Gasteiger partial charge >= 0.3 is 5.97 Å². The molecule has 1 rings (SSSR count). The van der Waals surface area contributed by atoms with Crippen molar-refractivity contribution in [2.45, 2.75) is 19.8 Å². The van der Waals surface area contributed by atoms with Gasteiger partial charge in [-0.2, -0.15) is 0 Å². The summed E-state index contributed by atoms with van der Waals surface area (Å²) in [5, 5.41) is 8.72. The maximum absolute atomic E-state index is 10.7. The van der Waals surface area contributed by atoms with Crippen LogP contribution >= 0.6 is 0 Å². The Morgan fingerprint density at radius 1 is 1.33 bits per heavy atom. The highest BCUT2D eigenvalue weighted by atomic mass is 16.5. The fourth-order valence-electron chi connectivity index (χ4n) is 1.30. The van der Waals surface area contributed by atoms with Gasteiger partial charge in [-0.15, -0.1) is 0 Å². The average Bonchev–Trinajstić information content (AvgIpc) is 2.35. The van der Waals surface area contributed by atoms with Gasteiger partial charge in [-0.05, 0) is 23.6 Å². The van der Waals surface area contributed by atoms with E-state index in [9.17, 15) is 4.79 Å². The molecular formula is C12H17N3O3. The van der Waals surface area contributed by atoms with Crippen molar-refractivity contribution in [1.82, 2.24) is 5.43 Å². The fourth-order valence-corrected chi connectivity index (χ4v) is 1.30. The zero-order chi connectivity index (χ0) is 13.7. The summed E-state index contributed by atoms with van der Waals surface area (Å²) in [7, 11) is 0. The maximum Gasteiger partial charge on any atom is 0.357 e. The third-order valence-electron chi connectivity index (χ3n) is 2.37. The number of nitrogens with one attached hydrogen (secondary N) is 1. The lowest BCUT2D eigenvalue weighted by atomic mass is 10.0. The van der Waals surface area contributed by atoms with Crippen molar-refractivity contribution in [1.29, 1.82) is 0 Å². The second kappa shape index (κ2) is 5.92. The molecule has 0 aliphatic rings. The smallest absolute Gasteiger partial charge is 0.357 e. The van der Waals surface area contributed by atoms with Gasteiger partial charge in [-0.1, -0.05) is 26.0 Å². The number of aliphatic carboxylic acids is 1. The summed E-state index contributed by atoms with van der Waals surface area (Å²) in [6, 6.07) is 7.24. The molecule has 6 N–H and O–H groups in total. The van der Waals surface area contributed by atoms with Gasteiger partial charge in [-0.25, -0.2) is 10.6 Å². The monoisotopic (exact) mass is 251 g/mol. The molecule has 0 aliphatic heterocycles. The van der Waals surface area contributed by atoms with E-state index in [1.165, 1.54) is 0 Å². The number of carbonyl (C=O) groups is 1. The molecule has 0 amide bonds. The SMILES string of the molecule is CC(C)c1ccc(O/C(NN)=C(/N)C(=O)O)cc1. The highest BCUT2D eigenvalue weighted by Crippen LogP contribution is 2.19. The molecule has 0 unspecified atom stereocenters. The summed E-state index contributed by atoms with van der Waals surface area (Å²) in [4.78, 5) is 10.7. The summed E-state index contributed by atoms with van der Waals surface area (Å²) in [5.74, 6) is 4.53. The van der Waals surface area contributed by atoms with Gasteiger partial charge in [0.15, 0.2) is 5.70 Å². The van der Waals surface area contributed by atoms with Crippen molar-refractivity contribution in [3.63, 3.8) is 0 Å². The second-order valence-corrected chi connectivity index (χ2v) is 4.02. The lowest BCUT2D eigenvalue weighted by molar-refractivity contribution is -0.132. The molecule has 0 saturated heterocycles. The number of ether oxygens (including phenoxy) is 1. The number of carboxylic acid groups (broad SMARTS) is 1. The molecule has 0 fully saturated rings. The Labute approximate surface area is 105 Å². The molecule has 6 heteroatoms. The molecule has 18 heavy (non-hydrogen) atoms. The summed E-state index contributed by atoms with van der Waals surface area (Å²) in [5.41, 5.74) is 8.10. The fraction of sp³-hybridized carbons (Fsp3) is 0.250. The molecule has 0 aliphatic carbocycles. The lowest BCUT2D eigenvalue weighted by Gasteiger charge is -2.11. The number of hydrogen-bond donors (Lipinski definition) is 4. The Kier molecular flexibility index (Phi) is 4.56. The highest BCUT2D eigenvalue weighted by Gasteiger charge is 2.12. The zero-order valence-electron chi connectivity index (χ0n) is 10.3. The first-order chi connectivity index (χ1) is 8.45. The summed E-state index contributed by atoms with van der Waals surface area (Å²) in [6.07, 6.45) is 0. The Hall–Kier alpha value is -2.21. The maximum atomic E-state index is 10.7. The second-order valence-electron chi connectivity index (χ2n) is 4.02. The molecule has 0 radical (unpaired) electrons. The molecule has 1 aromatic carbocycles. The van der Waals surface area contributed by atoms with Crippen molar-refractivity contribution >= 4 is 5.97 Å². The minimum atomic E-state index is -1.30. The molecule has 98 valence electrons. The van der Waals surface area contributed by atoms with Crippen LogP contribution in [-0.4, -0.2) is 11.1 Å². The van der Waals surface area contributed by atoms with Crippen LogP contribution in [0.3, 0.4) is 0 Å². The Morgan fingerprint density at radius 3 is 2.28 bits per heavy atom. The number of rotatable bonds is 5. The Bertz CT molecular complexity index is 452. The predicted octanol–water partition coefficient (Wildman–Crippen LogP) is 0.865. The Balaban J connectivity index is 2.90. The minimum absolute atomic E-state index is 0.195. The summed E-state index contributed by atoms with van der Waals surface area (Å²) < 4.78 is 5.26. The topological polar surface area (TPSA) is 111 Å². The zero-order valence-corrected chi connectivity index (χ0v) is 10.3. The summed E-state index contributed by atoms with van der Waals surface area (Å²) >= 11 is 0. The molecule has 1 aromatic rings. The minimum Gasteiger partial charge on any atom is -0.476 e. The number of nitrogens with two attached hydrogens (primary N) is 2. The first-order valence-electron chi connectivity index (χ1n) is 5.43. The lowest BCUT2D eigenvalue weighted by Crippen LogP contribution is -2.31. The van der Waals surface area contributed by atoms with Gasteiger partial charge < -0.3 is 15.6 Å². The van der Waals surface area contributed by atoms with Crippen LogP contribution in [0.15, 0.2) is 35.8 Å². The van der Waals surface area contributed by atoms with E-state index in [2.05, 4.69) is 19.3 Å². The van der Waals surface area contributed by atoms with Gasteiger partial charge in [0.2, 0.25) is 5.88 Å². The predicted molar refractivity (Wildman–Crippen MR) is 67.3 cm³/mol. The van der Waals surface area contributed by atoms with Crippen molar-refractivity contribution in [3.8, 4) is 5.75 Å². The van der Waals surface area contributed by atoms with Gasteiger partial charge in [0.05, 0.1) is 0 Å². The van der Waals surface area contributed by atoms with Crippen LogP contribution in [-0.2, 0) is 4.79 Å². The van der Waals surface area contributed by atoms with Gasteiger partial charge in [0, 0.05) is 0 Å². The molecule has 6 nitrogen and oxygen atoms in total. The molecule has 0 atom stereocenters. The van der Waals surface area contributed by atoms with Gasteiger partial charge in [-0.3, -0.25) is 5.43 Å². The first kappa shape index (κ1) is 13.9. The van der Waals surface area contributed by atoms with Crippen molar-refractivity contribution in [3.05, 3.63) is 41.4 Å². The van der Waals surface area contributed by atoms with Crippen LogP contribution in [0, 0.1) is 0 Å². The number of hydrazine groups is 1. The normalized spacial score (nSPS) is 12.0. The Morgan fingerprint density at radius 2 is 1.89 bits per heavy atom. The average molecular weight is 251 g/mol. The van der Waals surface area contributed by atoms with E-state index in [0.29, 0.717) is 11.7 Å². The summed E-state index contributed by atoms with van der Waals surface area (Å²) in [6.45, 7) is 4.15. The molecule has 0 saturated carbocycles. The number of carboxylic acids is 1. The van der Waals surface area contributed by atoms with Crippen molar-refractivity contribution in [2.75, 3.05) is 0 Å². The molecule has 0 aromatic heterocycles. The third kappa shape index (κ3) is 3.39. The van der Waals surface area contributed by atoms with E-state index in [4.69, 9.17) is 21.4 Å². The largest absolute Gasteiger partial charge is 0.476 e. The third-order valence-corrected chi connectivity index (χ3v) is 2.37. The molecule has 0 spiro atoms. The van der Waals surface area contributed by atoms with Crippen LogP contribution in [0.1, 0.15) is 25.3 Å². The van der Waals surface area contributed by atoms with E-state index in [1.807, 2.05) is 12.1 Å². The van der Waals surface area contributed by atoms with E-state index >= 15 is 0 Å². The number of hydrogen-bond acceptors (Lipinski definition) is 5. The van der Waals surface area contributed by atoms with E-state index in [1.54, 1.807) is 12.1 Å². The van der Waals surface area contributed by atoms with E-state index in [-0.39, 0.29) is 5.88 Å². The standard InChI is InChI=1S/C12H17N3O3/c1-7(2)8-3-5-9(6-4-8)18-11(15-14)10(13)12(16)17/h3-7,15H,13-14H2,1-2H3,(H,16,17)/b11-10+.